The summed E-state index contributed by atoms with van der Waals surface area (Å²) < 4.78 is 0. The number of amides is 1. The lowest BCUT2D eigenvalue weighted by atomic mass is 9.97. The fourth-order valence-electron chi connectivity index (χ4n) is 3.53. The lowest BCUT2D eigenvalue weighted by Crippen LogP contribution is -2.15. The number of nitrogens with zero attached hydrogens (tertiary/aromatic N) is 2. The number of nitrogen functional groups attached to an aromatic ring is 2. The molecule has 2 atom stereocenters. The third-order valence-corrected chi connectivity index (χ3v) is 5.41. The minimum Gasteiger partial charge on any atom is -0.398 e. The number of hydrogen-bond donors (Lipinski definition) is 3. The molecule has 3 aromatic rings. The number of carbonyl (C=O) groups is 1. The van der Waals surface area contributed by atoms with Crippen molar-refractivity contribution in [2.24, 2.45) is 11.8 Å². The summed E-state index contributed by atoms with van der Waals surface area (Å²) in [4.78, 5) is 21.1. The molecule has 4 rings (SSSR count). The highest BCUT2D eigenvalue weighted by atomic mass is 16.2. The van der Waals surface area contributed by atoms with Crippen molar-refractivity contribution in [1.29, 1.82) is 0 Å². The van der Waals surface area contributed by atoms with E-state index < -0.39 is 0 Å². The molecular formula is C21H23N5O. The second-order valence-corrected chi connectivity index (χ2v) is 7.46. The molecule has 0 aliphatic heterocycles. The number of benzene rings is 1. The number of hydrogen-bond acceptors (Lipinski definition) is 5. The van der Waals surface area contributed by atoms with Gasteiger partial charge >= 0.3 is 0 Å². The molecular weight excluding hydrogens is 338 g/mol. The number of fused-ring (bicyclic) bond motifs is 1. The van der Waals surface area contributed by atoms with Gasteiger partial charge in [-0.05, 0) is 60.9 Å². The zero-order chi connectivity index (χ0) is 19.3. The highest BCUT2D eigenvalue weighted by molar-refractivity contribution is 5.98. The van der Waals surface area contributed by atoms with Crippen LogP contribution in [-0.4, -0.2) is 15.9 Å². The number of nitrogens with one attached hydrogen (secondary N) is 1. The molecule has 1 saturated carbocycles. The van der Waals surface area contributed by atoms with Crippen molar-refractivity contribution in [2.75, 3.05) is 16.8 Å². The van der Waals surface area contributed by atoms with E-state index >= 15 is 0 Å². The fraction of sp³-hybridized carbons (Fsp3) is 0.286. The Balaban J connectivity index is 1.78. The van der Waals surface area contributed by atoms with Crippen LogP contribution in [0.5, 0.6) is 0 Å². The van der Waals surface area contributed by atoms with Crippen LogP contribution >= 0.6 is 0 Å². The van der Waals surface area contributed by atoms with Crippen molar-refractivity contribution >= 4 is 34.0 Å². The molecule has 0 bridgehead atoms. The Bertz CT molecular complexity index is 1080. The van der Waals surface area contributed by atoms with E-state index in [9.17, 15) is 4.79 Å². The van der Waals surface area contributed by atoms with Crippen LogP contribution in [0.2, 0.25) is 0 Å². The Morgan fingerprint density at radius 1 is 1.22 bits per heavy atom. The average molecular weight is 361 g/mol. The summed E-state index contributed by atoms with van der Waals surface area (Å²) in [6, 6.07) is 7.69. The number of anilines is 3. The minimum atomic E-state index is 0.0270. The first-order chi connectivity index (χ1) is 12.8. The molecule has 1 aliphatic carbocycles. The zero-order valence-corrected chi connectivity index (χ0v) is 15.7. The summed E-state index contributed by atoms with van der Waals surface area (Å²) in [5.41, 5.74) is 16.8. The molecule has 0 saturated heterocycles. The van der Waals surface area contributed by atoms with Crippen molar-refractivity contribution in [1.82, 2.24) is 9.97 Å². The summed E-state index contributed by atoms with van der Waals surface area (Å²) >= 11 is 0. The van der Waals surface area contributed by atoms with Crippen LogP contribution in [0.3, 0.4) is 0 Å². The van der Waals surface area contributed by atoms with E-state index in [1.807, 2.05) is 38.1 Å². The highest BCUT2D eigenvalue weighted by Crippen LogP contribution is 2.38. The Morgan fingerprint density at radius 3 is 2.67 bits per heavy atom. The van der Waals surface area contributed by atoms with Gasteiger partial charge in [0.15, 0.2) is 0 Å². The van der Waals surface area contributed by atoms with E-state index in [2.05, 4.69) is 22.2 Å². The molecule has 27 heavy (non-hydrogen) atoms. The molecule has 6 nitrogen and oxygen atoms in total. The van der Waals surface area contributed by atoms with E-state index in [4.69, 9.17) is 11.5 Å². The SMILES string of the molecule is Cc1ccc(N)c(C)c1-c1cc2cc(NC(=O)[C@H]3C[C@@H]3C)ncc2c(N)n1. The largest absolute Gasteiger partial charge is 0.398 e. The molecule has 1 aromatic carbocycles. The molecule has 0 radical (unpaired) electrons. The van der Waals surface area contributed by atoms with Gasteiger partial charge in [-0.25, -0.2) is 9.97 Å². The Labute approximate surface area is 158 Å². The maximum atomic E-state index is 12.2. The summed E-state index contributed by atoms with van der Waals surface area (Å²) in [5.74, 6) is 1.51. The van der Waals surface area contributed by atoms with E-state index in [-0.39, 0.29) is 11.8 Å². The first-order valence-corrected chi connectivity index (χ1v) is 9.08. The zero-order valence-electron chi connectivity index (χ0n) is 15.7. The van der Waals surface area contributed by atoms with Gasteiger partial charge in [0, 0.05) is 28.8 Å². The van der Waals surface area contributed by atoms with E-state index in [1.165, 1.54) is 0 Å². The number of pyridine rings is 2. The van der Waals surface area contributed by atoms with Crippen LogP contribution in [-0.2, 0) is 4.79 Å². The molecule has 1 amide bonds. The lowest BCUT2D eigenvalue weighted by Gasteiger charge is -2.14. The van der Waals surface area contributed by atoms with Crippen LogP contribution in [0.15, 0.2) is 30.5 Å². The first-order valence-electron chi connectivity index (χ1n) is 9.08. The van der Waals surface area contributed by atoms with Crippen LogP contribution in [0.1, 0.15) is 24.5 Å². The van der Waals surface area contributed by atoms with E-state index in [0.717, 1.165) is 45.3 Å². The average Bonchev–Trinajstić information content (AvgIpc) is 3.35. The van der Waals surface area contributed by atoms with Crippen molar-refractivity contribution in [3.63, 3.8) is 0 Å². The molecule has 1 aliphatic rings. The standard InChI is InChI=1S/C21H23N5O/c1-10-4-5-16(22)12(3)19(10)17-7-13-8-18(24-9-15(13)20(23)25-17)26-21(27)14-6-11(14)2/h4-5,7-9,11,14H,6,22H2,1-3H3,(H2,23,25)(H,24,26,27)/t11-,14-/m0/s1. The number of aryl methyl sites for hydroxylation is 1. The van der Waals surface area contributed by atoms with Crippen LogP contribution in [0, 0.1) is 25.7 Å². The Hall–Kier alpha value is -3.15. The quantitative estimate of drug-likeness (QED) is 0.617. The minimum absolute atomic E-state index is 0.0270. The number of aromatic nitrogens is 2. The lowest BCUT2D eigenvalue weighted by molar-refractivity contribution is -0.117. The number of carbonyl (C=O) groups excluding carboxylic acids is 1. The van der Waals surface area contributed by atoms with Crippen molar-refractivity contribution in [3.8, 4) is 11.3 Å². The van der Waals surface area contributed by atoms with Crippen LogP contribution < -0.4 is 16.8 Å². The van der Waals surface area contributed by atoms with Crippen molar-refractivity contribution < 1.29 is 4.79 Å². The Morgan fingerprint density at radius 2 is 1.96 bits per heavy atom. The summed E-state index contributed by atoms with van der Waals surface area (Å²) in [6.07, 6.45) is 2.60. The highest BCUT2D eigenvalue weighted by Gasteiger charge is 2.39. The topological polar surface area (TPSA) is 107 Å². The molecule has 6 heteroatoms. The molecule has 2 heterocycles. The predicted molar refractivity (Wildman–Crippen MR) is 109 cm³/mol. The Kier molecular flexibility index (Phi) is 3.98. The van der Waals surface area contributed by atoms with E-state index in [0.29, 0.717) is 17.6 Å². The molecule has 0 spiro atoms. The number of nitrogens with two attached hydrogens (primary N) is 2. The maximum Gasteiger partial charge on any atom is 0.228 e. The first kappa shape index (κ1) is 17.3. The van der Waals surface area contributed by atoms with Gasteiger partial charge in [-0.15, -0.1) is 0 Å². The summed E-state index contributed by atoms with van der Waals surface area (Å²) in [6.45, 7) is 6.08. The third-order valence-electron chi connectivity index (χ3n) is 5.41. The third kappa shape index (κ3) is 3.07. The van der Waals surface area contributed by atoms with Gasteiger partial charge in [-0.2, -0.15) is 0 Å². The molecule has 138 valence electrons. The van der Waals surface area contributed by atoms with Gasteiger partial charge in [0.2, 0.25) is 5.91 Å². The van der Waals surface area contributed by atoms with Gasteiger partial charge in [0.1, 0.15) is 11.6 Å². The van der Waals surface area contributed by atoms with Gasteiger partial charge in [0.05, 0.1) is 5.69 Å². The van der Waals surface area contributed by atoms with Crippen molar-refractivity contribution in [2.45, 2.75) is 27.2 Å². The second-order valence-electron chi connectivity index (χ2n) is 7.46. The van der Waals surface area contributed by atoms with Gasteiger partial charge in [-0.3, -0.25) is 4.79 Å². The molecule has 0 unspecified atom stereocenters. The van der Waals surface area contributed by atoms with Crippen molar-refractivity contribution in [3.05, 3.63) is 41.6 Å². The predicted octanol–water partition coefficient (Wildman–Crippen LogP) is 3.67. The molecule has 5 N–H and O–H groups in total. The summed E-state index contributed by atoms with van der Waals surface area (Å²) in [5, 5.41) is 4.55. The van der Waals surface area contributed by atoms with Gasteiger partial charge in [0.25, 0.3) is 0 Å². The van der Waals surface area contributed by atoms with Gasteiger partial charge in [-0.1, -0.05) is 13.0 Å². The maximum absolute atomic E-state index is 12.2. The fourth-order valence-corrected chi connectivity index (χ4v) is 3.53. The molecule has 1 fully saturated rings. The van der Waals surface area contributed by atoms with Crippen LogP contribution in [0.4, 0.5) is 17.3 Å². The monoisotopic (exact) mass is 361 g/mol. The smallest absolute Gasteiger partial charge is 0.228 e. The van der Waals surface area contributed by atoms with Gasteiger partial charge < -0.3 is 16.8 Å². The van der Waals surface area contributed by atoms with E-state index in [1.54, 1.807) is 6.20 Å². The summed E-state index contributed by atoms with van der Waals surface area (Å²) in [7, 11) is 0. The van der Waals surface area contributed by atoms with Crippen LogP contribution in [0.25, 0.3) is 22.0 Å². The number of rotatable bonds is 3. The normalized spacial score (nSPS) is 18.5. The molecule has 2 aromatic heterocycles. The second kappa shape index (κ2) is 6.23.